The van der Waals surface area contributed by atoms with E-state index in [1.54, 1.807) is 0 Å². The van der Waals surface area contributed by atoms with Crippen molar-refractivity contribution >= 4 is 19.9 Å². The summed E-state index contributed by atoms with van der Waals surface area (Å²) in [4.78, 5) is 32.3. The molecule has 9 heteroatoms. The first-order chi connectivity index (χ1) is 20.7. The molecule has 2 amide bonds. The Morgan fingerprint density at radius 1 is 1.12 bits per heavy atom. The molecule has 8 nitrogen and oxygen atoms in total. The number of allylic oxidation sites excluding steroid dienone is 2. The smallest absolute Gasteiger partial charge is 0.265 e. The van der Waals surface area contributed by atoms with Crippen molar-refractivity contribution in [2.24, 2.45) is 11.8 Å². The number of rotatable bonds is 8. The lowest BCUT2D eigenvalue weighted by molar-refractivity contribution is -0.156. The summed E-state index contributed by atoms with van der Waals surface area (Å²) in [5.41, 5.74) is 1.08. The minimum atomic E-state index is -1.95. The maximum atomic E-state index is 14.7. The van der Waals surface area contributed by atoms with Crippen LogP contribution in [0.5, 0.6) is 0 Å². The van der Waals surface area contributed by atoms with Crippen molar-refractivity contribution in [1.82, 2.24) is 9.80 Å². The molecular formula is C34H54N2O6Si. The summed E-state index contributed by atoms with van der Waals surface area (Å²) in [5, 5.41) is 10.2. The van der Waals surface area contributed by atoms with Gasteiger partial charge in [0.15, 0.2) is 12.2 Å². The number of carbonyl (C=O) groups excluding carboxylic acids is 2. The van der Waals surface area contributed by atoms with Crippen LogP contribution < -0.4 is 0 Å². The van der Waals surface area contributed by atoms with E-state index in [4.69, 9.17) is 14.2 Å². The third-order valence-electron chi connectivity index (χ3n) is 12.6. The highest BCUT2D eigenvalue weighted by Crippen LogP contribution is 2.62. The number of hydrogen-bond acceptors (Lipinski definition) is 6. The van der Waals surface area contributed by atoms with Crippen LogP contribution in [0.4, 0.5) is 0 Å². The quantitative estimate of drug-likeness (QED) is 0.291. The van der Waals surface area contributed by atoms with E-state index in [-0.39, 0.29) is 60.6 Å². The molecule has 1 spiro atoms. The number of aliphatic hydroxyl groups excluding tert-OH is 1. The Labute approximate surface area is 259 Å². The molecule has 2 saturated heterocycles. The Morgan fingerprint density at radius 2 is 1.86 bits per heavy atom. The second kappa shape index (κ2) is 12.3. The highest BCUT2D eigenvalue weighted by atomic mass is 28.3. The Bertz CT molecular complexity index is 1120. The Hall–Kier alpha value is -1.68. The highest BCUT2D eigenvalue weighted by molar-refractivity contribution is 6.80. The molecule has 6 aliphatic rings. The van der Waals surface area contributed by atoms with Crippen molar-refractivity contribution in [3.05, 3.63) is 24.1 Å². The molecule has 0 aromatic rings. The lowest BCUT2D eigenvalue weighted by atomic mass is 9.69. The number of fused-ring (bicyclic) bond motifs is 2. The number of amides is 2. The van der Waals surface area contributed by atoms with Gasteiger partial charge in [-0.25, -0.2) is 0 Å². The molecule has 1 N–H and O–H groups in total. The van der Waals surface area contributed by atoms with Gasteiger partial charge in [0, 0.05) is 44.7 Å². The first kappa shape index (κ1) is 31.3. The largest absolute Gasteiger partial charge is 0.486 e. The van der Waals surface area contributed by atoms with Gasteiger partial charge in [-0.05, 0) is 74.8 Å². The molecule has 0 aromatic carbocycles. The minimum Gasteiger partial charge on any atom is -0.486 e. The van der Waals surface area contributed by atoms with Crippen molar-refractivity contribution in [2.45, 2.75) is 138 Å². The number of aliphatic hydroxyl groups is 1. The summed E-state index contributed by atoms with van der Waals surface area (Å²) in [6.07, 6.45) is 13.6. The van der Waals surface area contributed by atoms with E-state index in [9.17, 15) is 14.7 Å². The zero-order valence-corrected chi connectivity index (χ0v) is 27.9. The van der Waals surface area contributed by atoms with Gasteiger partial charge < -0.3 is 29.1 Å². The van der Waals surface area contributed by atoms with Crippen molar-refractivity contribution in [3.63, 3.8) is 0 Å². The number of carbonyl (C=O) groups is 2. The average Bonchev–Trinajstić information content (AvgIpc) is 3.44. The zero-order valence-electron chi connectivity index (χ0n) is 26.9. The Balaban J connectivity index is 1.35. The van der Waals surface area contributed by atoms with Crippen LogP contribution in [-0.4, -0.2) is 91.6 Å². The zero-order chi connectivity index (χ0) is 30.5. The van der Waals surface area contributed by atoms with Gasteiger partial charge in [0.1, 0.15) is 5.76 Å². The van der Waals surface area contributed by atoms with E-state index in [1.165, 1.54) is 12.8 Å². The van der Waals surface area contributed by atoms with Crippen LogP contribution in [0.3, 0.4) is 0 Å². The Kier molecular flexibility index (Phi) is 8.92. The second-order valence-electron chi connectivity index (χ2n) is 14.8. The third-order valence-corrected chi connectivity index (χ3v) is 17.9. The summed E-state index contributed by atoms with van der Waals surface area (Å²) in [7, 11) is -0.124. The average molecular weight is 615 g/mol. The maximum absolute atomic E-state index is 14.7. The summed E-state index contributed by atoms with van der Waals surface area (Å²) < 4.78 is 18.8. The molecule has 3 aliphatic carbocycles. The second-order valence-corrected chi connectivity index (χ2v) is 19.9. The van der Waals surface area contributed by atoms with Crippen LogP contribution in [0.2, 0.25) is 24.2 Å². The SMILES string of the molecule is C=CCN1C(=O)[C@]2(O[C@H](CCO)[C@@H]([Si](C)(C)C3CCC(OC)CC3)[C@@H]2C)C2CC(N3C(=O)COC4=C3CCCC4)CCC21. The maximum Gasteiger partial charge on any atom is 0.265 e. The first-order valence-corrected chi connectivity index (χ1v) is 20.2. The molecule has 3 unspecified atom stereocenters. The van der Waals surface area contributed by atoms with E-state index < -0.39 is 13.7 Å². The van der Waals surface area contributed by atoms with Crippen molar-refractivity contribution < 1.29 is 28.9 Å². The van der Waals surface area contributed by atoms with Gasteiger partial charge in [0.2, 0.25) is 0 Å². The molecule has 0 radical (unpaired) electrons. The van der Waals surface area contributed by atoms with Crippen LogP contribution >= 0.6 is 0 Å². The monoisotopic (exact) mass is 614 g/mol. The van der Waals surface area contributed by atoms with Gasteiger partial charge in [0.25, 0.3) is 11.8 Å². The fourth-order valence-electron chi connectivity index (χ4n) is 10.7. The van der Waals surface area contributed by atoms with Crippen molar-refractivity contribution in [3.8, 4) is 0 Å². The molecule has 3 heterocycles. The molecule has 2 saturated carbocycles. The molecular weight excluding hydrogens is 560 g/mol. The molecule has 43 heavy (non-hydrogen) atoms. The fourth-order valence-corrected chi connectivity index (χ4v) is 15.7. The normalized spacial score (nSPS) is 40.1. The van der Waals surface area contributed by atoms with Gasteiger partial charge in [-0.15, -0.1) is 6.58 Å². The van der Waals surface area contributed by atoms with E-state index >= 15 is 0 Å². The third kappa shape index (κ3) is 5.05. The van der Waals surface area contributed by atoms with Gasteiger partial charge >= 0.3 is 0 Å². The summed E-state index contributed by atoms with van der Waals surface area (Å²) >= 11 is 0. The Morgan fingerprint density at radius 3 is 2.56 bits per heavy atom. The number of likely N-dealkylation sites (tertiary alicyclic amines) is 1. The van der Waals surface area contributed by atoms with E-state index in [1.807, 2.05) is 18.1 Å². The number of methoxy groups -OCH3 is 1. The van der Waals surface area contributed by atoms with Crippen LogP contribution in [-0.2, 0) is 23.8 Å². The van der Waals surface area contributed by atoms with Crippen LogP contribution in [0, 0.1) is 11.8 Å². The highest BCUT2D eigenvalue weighted by Gasteiger charge is 2.71. The summed E-state index contributed by atoms with van der Waals surface area (Å²) in [6.45, 7) is 12.0. The van der Waals surface area contributed by atoms with Gasteiger partial charge in [0.05, 0.1) is 26.0 Å². The van der Waals surface area contributed by atoms with Crippen LogP contribution in [0.25, 0.3) is 0 Å². The predicted molar refractivity (Wildman–Crippen MR) is 168 cm³/mol. The lowest BCUT2D eigenvalue weighted by Crippen LogP contribution is -2.54. The van der Waals surface area contributed by atoms with E-state index in [0.29, 0.717) is 24.6 Å². The van der Waals surface area contributed by atoms with Gasteiger partial charge in [-0.3, -0.25) is 9.59 Å². The topological polar surface area (TPSA) is 88.5 Å². The molecule has 240 valence electrons. The molecule has 0 aromatic heterocycles. The first-order valence-electron chi connectivity index (χ1n) is 17.1. The molecule has 6 rings (SSSR count). The van der Waals surface area contributed by atoms with Crippen LogP contribution in [0.1, 0.15) is 84.0 Å². The predicted octanol–water partition coefficient (Wildman–Crippen LogP) is 5.39. The molecule has 0 bridgehead atoms. The lowest BCUT2D eigenvalue weighted by Gasteiger charge is -2.47. The summed E-state index contributed by atoms with van der Waals surface area (Å²) in [6, 6.07) is 0.130. The summed E-state index contributed by atoms with van der Waals surface area (Å²) in [5.74, 6) is 1.21. The van der Waals surface area contributed by atoms with Crippen LogP contribution in [0.15, 0.2) is 24.1 Å². The fraction of sp³-hybridized carbons (Fsp3) is 0.824. The molecule has 7 atom stereocenters. The standard InChI is InChI=1S/C34H54N2O6Si/c1-6-18-35-27-16-11-23(36-28-9-7-8-10-29(28)41-21-31(36)38)20-26(27)34(33(35)39)22(2)32(30(42-34)17-19-37)43(4,5)25-14-12-24(40-3)13-15-25/h6,22-27,30,32,37H,1,7-21H2,2-5H3/t22-,23?,24?,25?,26?,27?,30+,32-,34+/m0/s1. The van der Waals surface area contributed by atoms with E-state index in [2.05, 4.69) is 31.5 Å². The number of ether oxygens (including phenoxy) is 3. The van der Waals surface area contributed by atoms with Crippen molar-refractivity contribution in [2.75, 3.05) is 26.9 Å². The van der Waals surface area contributed by atoms with Gasteiger partial charge in [-0.2, -0.15) is 0 Å². The van der Waals surface area contributed by atoms with Crippen molar-refractivity contribution in [1.29, 1.82) is 0 Å². The van der Waals surface area contributed by atoms with E-state index in [0.717, 1.165) is 69.2 Å². The van der Waals surface area contributed by atoms with Gasteiger partial charge in [-0.1, -0.05) is 38.9 Å². The minimum absolute atomic E-state index is 0.00259. The molecule has 4 fully saturated rings. The molecule has 3 aliphatic heterocycles. The number of hydrogen-bond donors (Lipinski definition) is 1. The number of nitrogens with zero attached hydrogens (tertiary/aromatic N) is 2.